The van der Waals surface area contributed by atoms with Gasteiger partial charge in [0.25, 0.3) is 5.91 Å². The van der Waals surface area contributed by atoms with Gasteiger partial charge in [-0.3, -0.25) is 19.2 Å². The molecule has 414 valence electrons. The Morgan fingerprint density at radius 3 is 2.18 bits per heavy atom. The van der Waals surface area contributed by atoms with Crippen LogP contribution in [0.4, 0.5) is 0 Å². The van der Waals surface area contributed by atoms with E-state index in [0.717, 1.165) is 17.5 Å². The number of benzene rings is 1. The molecular weight excluding hydrogens is 979 g/mol. The lowest BCUT2D eigenvalue weighted by Gasteiger charge is -2.49. The van der Waals surface area contributed by atoms with Gasteiger partial charge in [-0.05, 0) is 45.6 Å². The minimum atomic E-state index is -1.81. The van der Waals surface area contributed by atoms with Crippen molar-refractivity contribution in [1.82, 2.24) is 35.8 Å². The van der Waals surface area contributed by atoms with E-state index >= 15 is 0 Å². The van der Waals surface area contributed by atoms with Crippen LogP contribution in [0.5, 0.6) is 0 Å². The highest BCUT2D eigenvalue weighted by Crippen LogP contribution is 2.37. The van der Waals surface area contributed by atoms with Crippen LogP contribution in [0.1, 0.15) is 71.4 Å². The number of carbonyl (C=O) groups is 4. The quantitative estimate of drug-likeness (QED) is 0.0568. The largest absolute Gasteiger partial charge is 0.394 e. The zero-order valence-corrected chi connectivity index (χ0v) is 42.1. The Bertz CT molecular complexity index is 2190. The highest BCUT2D eigenvalue weighted by Gasteiger charge is 2.54. The number of ether oxygens (including phenoxy) is 7. The van der Waals surface area contributed by atoms with E-state index in [9.17, 15) is 60.0 Å². The molecule has 4 saturated heterocycles. The number of likely N-dealkylation sites (tertiary alicyclic amines) is 1. The van der Waals surface area contributed by atoms with Gasteiger partial charge in [0.1, 0.15) is 84.9 Å². The van der Waals surface area contributed by atoms with Crippen molar-refractivity contribution in [3.63, 3.8) is 0 Å². The summed E-state index contributed by atoms with van der Waals surface area (Å²) >= 11 is 0. The number of rotatable bonds is 20. The number of aryl methyl sites for hydroxylation is 1. The normalized spacial score (nSPS) is 36.8. The molecule has 9 unspecified atom stereocenters. The average molecular weight is 1050 g/mol. The van der Waals surface area contributed by atoms with Gasteiger partial charge in [-0.1, -0.05) is 42.3 Å². The lowest BCUT2D eigenvalue weighted by Crippen LogP contribution is -2.68. The highest BCUT2D eigenvalue weighted by atomic mass is 16.7. The molecule has 2 aromatic rings. The highest BCUT2D eigenvalue weighted by molar-refractivity contribution is 5.81. The van der Waals surface area contributed by atoms with Crippen molar-refractivity contribution in [2.45, 2.75) is 183 Å². The van der Waals surface area contributed by atoms with Gasteiger partial charge in [0.05, 0.1) is 44.3 Å². The molecule has 0 radical (unpaired) electrons. The SMILES string of the molecule is CCC[C@H](OC1C(NC(C)=O)[C@H](O[C@@H]2CC(C(=O)NCCO[C@H]3OC(CO)[C@@H](O)C(n4cc(-c5cccc(C)c5)nn4)C3O)CC(NC(C)=O)[C@H]2O[C@@H]2OC(C)[C@@H](O)[C@H](O)C2O)O[C@@H](CO)[C@@H]1O)C(=O)N1CCC1. The number of hydrogen-bond acceptors (Lipinski definition) is 21. The fraction of sp³-hybridized carbons (Fsp3) is 0.750. The summed E-state index contributed by atoms with van der Waals surface area (Å²) in [5.74, 6) is -3.06. The van der Waals surface area contributed by atoms with Crippen molar-refractivity contribution in [2.24, 2.45) is 5.92 Å². The lowest BCUT2D eigenvalue weighted by atomic mass is 9.80. The first kappa shape index (κ1) is 57.3. The van der Waals surface area contributed by atoms with Crippen LogP contribution in [-0.4, -0.2) is 234 Å². The number of nitrogens with zero attached hydrogens (tertiary/aromatic N) is 4. The van der Waals surface area contributed by atoms with Gasteiger partial charge < -0.3 is 94.9 Å². The van der Waals surface area contributed by atoms with Gasteiger partial charge in [-0.15, -0.1) is 5.10 Å². The zero-order valence-electron chi connectivity index (χ0n) is 42.1. The van der Waals surface area contributed by atoms with Gasteiger partial charge in [-0.25, -0.2) is 4.68 Å². The van der Waals surface area contributed by atoms with Crippen molar-refractivity contribution >= 4 is 23.6 Å². The molecule has 11 N–H and O–H groups in total. The van der Waals surface area contributed by atoms with Crippen LogP contribution in [0, 0.1) is 12.8 Å². The molecule has 5 aliphatic rings. The molecule has 26 nitrogen and oxygen atoms in total. The molecule has 20 atom stereocenters. The Labute approximate surface area is 427 Å². The number of aliphatic hydroxyl groups excluding tert-OH is 8. The van der Waals surface area contributed by atoms with E-state index in [1.54, 1.807) is 11.1 Å². The van der Waals surface area contributed by atoms with Crippen LogP contribution in [0.15, 0.2) is 30.5 Å². The average Bonchev–Trinajstić information content (AvgIpc) is 3.83. The maximum atomic E-state index is 14.2. The van der Waals surface area contributed by atoms with Gasteiger partial charge in [0.2, 0.25) is 17.7 Å². The summed E-state index contributed by atoms with van der Waals surface area (Å²) in [7, 11) is 0. The van der Waals surface area contributed by atoms with Crippen molar-refractivity contribution in [3.05, 3.63) is 36.0 Å². The number of aliphatic hydroxyl groups is 8. The second kappa shape index (κ2) is 25.7. The minimum Gasteiger partial charge on any atom is -0.394 e. The van der Waals surface area contributed by atoms with E-state index < -0.39 is 153 Å². The summed E-state index contributed by atoms with van der Waals surface area (Å²) < 4.78 is 44.2. The summed E-state index contributed by atoms with van der Waals surface area (Å²) in [6.45, 7) is 6.85. The van der Waals surface area contributed by atoms with Crippen LogP contribution in [-0.2, 0) is 52.3 Å². The Balaban J connectivity index is 1.11. The van der Waals surface area contributed by atoms with E-state index in [4.69, 9.17) is 33.2 Å². The second-order valence-corrected chi connectivity index (χ2v) is 19.7. The van der Waals surface area contributed by atoms with Crippen molar-refractivity contribution in [1.29, 1.82) is 0 Å². The molecule has 4 aliphatic heterocycles. The van der Waals surface area contributed by atoms with Crippen molar-refractivity contribution in [3.8, 4) is 11.3 Å². The number of hydrogen-bond donors (Lipinski definition) is 11. The van der Waals surface area contributed by atoms with Crippen LogP contribution in [0.25, 0.3) is 11.3 Å². The molecule has 5 fully saturated rings. The molecule has 5 heterocycles. The lowest BCUT2D eigenvalue weighted by molar-refractivity contribution is -0.335. The van der Waals surface area contributed by atoms with Gasteiger partial charge in [-0.2, -0.15) is 0 Å². The molecule has 0 bridgehead atoms. The number of carbonyl (C=O) groups excluding carboxylic acids is 4. The third-order valence-electron chi connectivity index (χ3n) is 14.2. The summed E-state index contributed by atoms with van der Waals surface area (Å²) in [6, 6.07) is 3.88. The summed E-state index contributed by atoms with van der Waals surface area (Å²) in [4.78, 5) is 55.2. The summed E-state index contributed by atoms with van der Waals surface area (Å²) in [6.07, 6.45) is -20.2. The first-order valence-corrected chi connectivity index (χ1v) is 25.3. The summed E-state index contributed by atoms with van der Waals surface area (Å²) in [5, 5.41) is 104. The number of amides is 4. The van der Waals surface area contributed by atoms with E-state index in [1.165, 1.54) is 25.5 Å². The molecule has 1 aromatic heterocycles. The molecule has 7 rings (SSSR count). The topological polar surface area (TPSA) is 365 Å². The van der Waals surface area contributed by atoms with E-state index in [1.807, 2.05) is 38.1 Å². The van der Waals surface area contributed by atoms with Crippen molar-refractivity contribution < 1.29 is 93.2 Å². The molecular formula is C48H73N7O19. The minimum absolute atomic E-state index is 0.105. The second-order valence-electron chi connectivity index (χ2n) is 19.7. The van der Waals surface area contributed by atoms with Crippen molar-refractivity contribution in [2.75, 3.05) is 39.5 Å². The molecule has 26 heteroatoms. The Kier molecular flexibility index (Phi) is 19.9. The standard InChI is InChI=1S/C48H73N7O19/c1-6-9-30(45(67)54-13-8-14-54)70-43-34(51-25(5)59)46(72-33(21-57)38(43)62)71-31-18-27(17-28(50-24(4)58)42(31)74-48-41(65)40(64)36(60)23(3)69-48)44(66)49-12-15-68-47-39(63)35(37(61)32(20-56)73-47)55-19-29(52-53-55)26-11-7-10-22(2)16-26/h7,10-11,16,19,23,27-28,30-43,46-48,56-57,60-65H,6,8-9,12-15,17-18,20-21H2,1-5H3,(H,49,66)(H,50,58)(H,51,59)/t23?,27?,28?,30-,31+,32?,33-,34?,35?,36+,37+,38-,39?,40-,41?,42+,43?,46+,47-,48-/m0/s1. The summed E-state index contributed by atoms with van der Waals surface area (Å²) in [5.41, 5.74) is 2.20. The maximum absolute atomic E-state index is 14.2. The fourth-order valence-corrected chi connectivity index (χ4v) is 10.1. The van der Waals surface area contributed by atoms with Gasteiger partial charge in [0.15, 0.2) is 18.9 Å². The molecule has 0 spiro atoms. The Morgan fingerprint density at radius 2 is 1.53 bits per heavy atom. The van der Waals surface area contributed by atoms with E-state index in [2.05, 4.69) is 26.3 Å². The van der Waals surface area contributed by atoms with E-state index in [0.29, 0.717) is 25.2 Å². The van der Waals surface area contributed by atoms with Crippen LogP contribution < -0.4 is 16.0 Å². The molecule has 1 aromatic carbocycles. The molecule has 4 amide bonds. The first-order valence-electron chi connectivity index (χ1n) is 25.3. The van der Waals surface area contributed by atoms with Crippen LogP contribution in [0.2, 0.25) is 0 Å². The molecule has 1 saturated carbocycles. The maximum Gasteiger partial charge on any atom is 0.251 e. The van der Waals surface area contributed by atoms with Crippen LogP contribution in [0.3, 0.4) is 0 Å². The monoisotopic (exact) mass is 1050 g/mol. The predicted molar refractivity (Wildman–Crippen MR) is 253 cm³/mol. The zero-order chi connectivity index (χ0) is 53.5. The Morgan fingerprint density at radius 1 is 0.824 bits per heavy atom. The van der Waals surface area contributed by atoms with Crippen LogP contribution >= 0.6 is 0 Å². The first-order chi connectivity index (χ1) is 35.3. The molecule has 74 heavy (non-hydrogen) atoms. The fourth-order valence-electron chi connectivity index (χ4n) is 10.1. The Hall–Kier alpha value is -4.36. The van der Waals surface area contributed by atoms with Gasteiger partial charge in [0, 0.05) is 45.0 Å². The third-order valence-corrected chi connectivity index (χ3v) is 14.2. The predicted octanol–water partition coefficient (Wildman–Crippen LogP) is -3.75. The van der Waals surface area contributed by atoms with Gasteiger partial charge >= 0.3 is 0 Å². The third kappa shape index (κ3) is 13.2. The number of aromatic nitrogens is 3. The molecule has 1 aliphatic carbocycles. The number of nitrogens with one attached hydrogen (secondary N) is 3. The van der Waals surface area contributed by atoms with E-state index in [-0.39, 0.29) is 38.3 Å². The smallest absolute Gasteiger partial charge is 0.251 e.